The maximum Gasteiger partial charge on any atom is 0.248 e. The van der Waals surface area contributed by atoms with E-state index in [-0.39, 0.29) is 5.91 Å². The highest BCUT2D eigenvalue weighted by atomic mass is 32.1. The Morgan fingerprint density at radius 2 is 2.04 bits per heavy atom. The number of carbonyl (C=O) groups is 1. The average Bonchev–Trinajstić information content (AvgIpc) is 3.04. The SMILES string of the molecule is CCOCCn1c(=NC(=O)CCC2CCCCC2)sc2cc(OCC)ccc21. The molecule has 1 saturated carbocycles. The van der Waals surface area contributed by atoms with Crippen LogP contribution >= 0.6 is 11.3 Å². The largest absolute Gasteiger partial charge is 0.494 e. The van der Waals surface area contributed by atoms with Gasteiger partial charge in [0.1, 0.15) is 5.75 Å². The summed E-state index contributed by atoms with van der Waals surface area (Å²) in [4.78, 5) is 17.8. The Hall–Kier alpha value is -1.66. The van der Waals surface area contributed by atoms with E-state index in [4.69, 9.17) is 9.47 Å². The minimum absolute atomic E-state index is 0.00711. The molecule has 1 amide bonds. The van der Waals surface area contributed by atoms with Crippen LogP contribution < -0.4 is 9.54 Å². The van der Waals surface area contributed by atoms with Crippen LogP contribution in [-0.2, 0) is 16.1 Å². The fourth-order valence-corrected chi connectivity index (χ4v) is 4.98. The number of benzene rings is 1. The van der Waals surface area contributed by atoms with E-state index in [9.17, 15) is 4.79 Å². The number of hydrogen-bond donors (Lipinski definition) is 0. The van der Waals surface area contributed by atoms with Gasteiger partial charge in [0.2, 0.25) is 5.91 Å². The molecular weight excluding hydrogens is 372 g/mol. The summed E-state index contributed by atoms with van der Waals surface area (Å²) < 4.78 is 14.3. The number of fused-ring (bicyclic) bond motifs is 1. The Kier molecular flexibility index (Phi) is 8.10. The van der Waals surface area contributed by atoms with E-state index < -0.39 is 0 Å². The molecule has 0 aliphatic heterocycles. The minimum atomic E-state index is -0.00711. The molecule has 0 N–H and O–H groups in total. The van der Waals surface area contributed by atoms with E-state index in [2.05, 4.69) is 9.56 Å². The first-order valence-electron chi connectivity index (χ1n) is 10.6. The molecule has 6 heteroatoms. The topological polar surface area (TPSA) is 52.8 Å². The van der Waals surface area contributed by atoms with Crippen molar-refractivity contribution in [2.24, 2.45) is 10.9 Å². The molecule has 1 aromatic heterocycles. The number of ether oxygens (including phenoxy) is 2. The zero-order valence-electron chi connectivity index (χ0n) is 17.1. The Morgan fingerprint density at radius 1 is 1.21 bits per heavy atom. The molecule has 0 spiro atoms. The summed E-state index contributed by atoms with van der Waals surface area (Å²) >= 11 is 1.55. The van der Waals surface area contributed by atoms with E-state index in [0.29, 0.717) is 38.7 Å². The zero-order valence-corrected chi connectivity index (χ0v) is 17.9. The Morgan fingerprint density at radius 3 is 2.79 bits per heavy atom. The first-order chi connectivity index (χ1) is 13.7. The van der Waals surface area contributed by atoms with Crippen molar-refractivity contribution in [3.63, 3.8) is 0 Å². The third-order valence-electron chi connectivity index (χ3n) is 5.34. The number of aromatic nitrogens is 1. The van der Waals surface area contributed by atoms with E-state index in [1.807, 2.05) is 32.0 Å². The van der Waals surface area contributed by atoms with E-state index >= 15 is 0 Å². The van der Waals surface area contributed by atoms with Gasteiger partial charge in [-0.3, -0.25) is 4.79 Å². The van der Waals surface area contributed by atoms with Crippen molar-refractivity contribution in [3.8, 4) is 5.75 Å². The maximum absolute atomic E-state index is 12.6. The minimum Gasteiger partial charge on any atom is -0.494 e. The smallest absolute Gasteiger partial charge is 0.248 e. The van der Waals surface area contributed by atoms with Gasteiger partial charge in [-0.25, -0.2) is 0 Å². The predicted molar refractivity (Wildman–Crippen MR) is 114 cm³/mol. The van der Waals surface area contributed by atoms with Gasteiger partial charge in [0.05, 0.1) is 23.4 Å². The van der Waals surface area contributed by atoms with Crippen molar-refractivity contribution in [1.82, 2.24) is 4.57 Å². The third kappa shape index (κ3) is 5.67. The fourth-order valence-electron chi connectivity index (χ4n) is 3.88. The highest BCUT2D eigenvalue weighted by Crippen LogP contribution is 2.27. The molecule has 0 unspecified atom stereocenters. The van der Waals surface area contributed by atoms with Crippen molar-refractivity contribution in [2.75, 3.05) is 19.8 Å². The maximum atomic E-state index is 12.6. The Bertz CT molecular complexity index is 834. The second-order valence-corrected chi connectivity index (χ2v) is 8.35. The monoisotopic (exact) mass is 404 g/mol. The van der Waals surface area contributed by atoms with Crippen LogP contribution in [0.25, 0.3) is 10.2 Å². The van der Waals surface area contributed by atoms with E-state index in [1.54, 1.807) is 11.3 Å². The first kappa shape index (κ1) is 21.1. The van der Waals surface area contributed by atoms with Gasteiger partial charge < -0.3 is 14.0 Å². The third-order valence-corrected chi connectivity index (χ3v) is 6.38. The molecule has 0 bridgehead atoms. The summed E-state index contributed by atoms with van der Waals surface area (Å²) in [7, 11) is 0. The fraction of sp³-hybridized carbons (Fsp3) is 0.636. The van der Waals surface area contributed by atoms with Gasteiger partial charge in [-0.05, 0) is 44.4 Å². The van der Waals surface area contributed by atoms with Crippen LogP contribution in [0.15, 0.2) is 23.2 Å². The lowest BCUT2D eigenvalue weighted by Gasteiger charge is -2.20. The molecule has 3 rings (SSSR count). The first-order valence-corrected chi connectivity index (χ1v) is 11.4. The van der Waals surface area contributed by atoms with Crippen molar-refractivity contribution in [1.29, 1.82) is 0 Å². The van der Waals surface area contributed by atoms with Crippen molar-refractivity contribution in [3.05, 3.63) is 23.0 Å². The molecule has 1 aliphatic carbocycles. The highest BCUT2D eigenvalue weighted by Gasteiger charge is 2.15. The number of carbonyl (C=O) groups excluding carboxylic acids is 1. The average molecular weight is 405 g/mol. The van der Waals surface area contributed by atoms with Gasteiger partial charge in [0, 0.05) is 19.6 Å². The molecule has 0 saturated heterocycles. The van der Waals surface area contributed by atoms with Crippen LogP contribution in [0.4, 0.5) is 0 Å². The molecule has 1 fully saturated rings. The lowest BCUT2D eigenvalue weighted by Crippen LogP contribution is -2.20. The summed E-state index contributed by atoms with van der Waals surface area (Å²) in [6, 6.07) is 6.06. The Balaban J connectivity index is 1.80. The highest BCUT2D eigenvalue weighted by molar-refractivity contribution is 7.16. The lowest BCUT2D eigenvalue weighted by atomic mass is 9.86. The van der Waals surface area contributed by atoms with Crippen molar-refractivity contribution >= 4 is 27.5 Å². The van der Waals surface area contributed by atoms with Crippen molar-refractivity contribution < 1.29 is 14.3 Å². The molecule has 5 nitrogen and oxygen atoms in total. The van der Waals surface area contributed by atoms with Crippen LogP contribution in [-0.4, -0.2) is 30.3 Å². The zero-order chi connectivity index (χ0) is 19.8. The second-order valence-electron chi connectivity index (χ2n) is 7.34. The van der Waals surface area contributed by atoms with Crippen LogP contribution in [0.2, 0.25) is 0 Å². The van der Waals surface area contributed by atoms with Gasteiger partial charge in [0.15, 0.2) is 4.80 Å². The summed E-state index contributed by atoms with van der Waals surface area (Å²) in [6.45, 7) is 6.59. The quantitative estimate of drug-likeness (QED) is 0.557. The van der Waals surface area contributed by atoms with E-state index in [1.165, 1.54) is 32.1 Å². The van der Waals surface area contributed by atoms with Gasteiger partial charge in [-0.2, -0.15) is 4.99 Å². The second kappa shape index (κ2) is 10.8. The molecule has 28 heavy (non-hydrogen) atoms. The molecule has 1 heterocycles. The van der Waals surface area contributed by atoms with Crippen LogP contribution in [0.5, 0.6) is 5.75 Å². The summed E-state index contributed by atoms with van der Waals surface area (Å²) in [5, 5.41) is 0. The molecular formula is C22H32N2O3S. The summed E-state index contributed by atoms with van der Waals surface area (Å²) in [5.74, 6) is 1.55. The van der Waals surface area contributed by atoms with Gasteiger partial charge >= 0.3 is 0 Å². The number of nitrogens with zero attached hydrogens (tertiary/aromatic N) is 2. The normalized spacial score (nSPS) is 16.0. The number of rotatable bonds is 9. The number of amides is 1. The molecule has 2 aromatic rings. The summed E-state index contributed by atoms with van der Waals surface area (Å²) in [6.07, 6.45) is 8.03. The van der Waals surface area contributed by atoms with Crippen LogP contribution in [0.1, 0.15) is 58.8 Å². The number of hydrogen-bond acceptors (Lipinski definition) is 4. The molecule has 1 aliphatic rings. The van der Waals surface area contributed by atoms with Gasteiger partial charge in [-0.15, -0.1) is 0 Å². The predicted octanol–water partition coefficient (Wildman–Crippen LogP) is 4.93. The molecule has 154 valence electrons. The molecule has 0 atom stereocenters. The Labute approximate surface area is 171 Å². The standard InChI is InChI=1S/C22H32N2O3S/c1-3-26-15-14-24-19-12-11-18(27-4-2)16-20(19)28-22(24)23-21(25)13-10-17-8-6-5-7-9-17/h11-12,16-17H,3-10,13-15H2,1-2H3. The van der Waals surface area contributed by atoms with E-state index in [0.717, 1.165) is 27.2 Å². The van der Waals surface area contributed by atoms with Gasteiger partial charge in [-0.1, -0.05) is 43.4 Å². The molecule has 1 aromatic carbocycles. The molecule has 0 radical (unpaired) electrons. The lowest BCUT2D eigenvalue weighted by molar-refractivity contribution is -0.118. The summed E-state index contributed by atoms with van der Waals surface area (Å²) in [5.41, 5.74) is 1.08. The van der Waals surface area contributed by atoms with Crippen LogP contribution in [0, 0.1) is 5.92 Å². The van der Waals surface area contributed by atoms with Crippen molar-refractivity contribution in [2.45, 2.75) is 65.3 Å². The van der Waals surface area contributed by atoms with Crippen LogP contribution in [0.3, 0.4) is 0 Å². The van der Waals surface area contributed by atoms with Gasteiger partial charge in [0.25, 0.3) is 0 Å². The number of thiazole rings is 1.